The lowest BCUT2D eigenvalue weighted by Gasteiger charge is -2.10. The summed E-state index contributed by atoms with van der Waals surface area (Å²) in [5.41, 5.74) is 1.36. The molecule has 2 rings (SSSR count). The number of hydrogen-bond acceptors (Lipinski definition) is 5. The number of aryl methyl sites for hydroxylation is 1. The van der Waals surface area contributed by atoms with Gasteiger partial charge in [-0.3, -0.25) is 9.48 Å². The molecular weight excluding hydrogens is 374 g/mol. The Morgan fingerprint density at radius 3 is 2.69 bits per heavy atom. The van der Waals surface area contributed by atoms with Crippen molar-refractivity contribution < 1.29 is 14.3 Å². The van der Waals surface area contributed by atoms with Gasteiger partial charge in [0.25, 0.3) is 5.91 Å². The summed E-state index contributed by atoms with van der Waals surface area (Å²) in [4.78, 5) is 25.3. The molecule has 0 atom stereocenters. The van der Waals surface area contributed by atoms with Crippen LogP contribution < -0.4 is 5.32 Å². The molecular formula is C18H22ClN3O3S. The Labute approximate surface area is 162 Å². The second-order valence-electron chi connectivity index (χ2n) is 6.15. The van der Waals surface area contributed by atoms with E-state index < -0.39 is 18.5 Å². The molecule has 0 saturated carbocycles. The fourth-order valence-electron chi connectivity index (χ4n) is 2.39. The third-order valence-electron chi connectivity index (χ3n) is 3.52. The molecule has 1 N–H and O–H groups in total. The number of ether oxygens (including phenoxy) is 1. The van der Waals surface area contributed by atoms with Gasteiger partial charge in [-0.1, -0.05) is 37.6 Å². The number of nitrogens with one attached hydrogen (secondary N) is 1. The summed E-state index contributed by atoms with van der Waals surface area (Å²) in [6, 6.07) is 7.41. The first-order valence-corrected chi connectivity index (χ1v) is 9.76. The van der Waals surface area contributed by atoms with Gasteiger partial charge >= 0.3 is 5.97 Å². The smallest absolute Gasteiger partial charge is 0.343 e. The molecule has 0 aliphatic rings. The van der Waals surface area contributed by atoms with Crippen LogP contribution in [-0.2, 0) is 16.1 Å². The molecule has 0 radical (unpaired) electrons. The highest BCUT2D eigenvalue weighted by atomic mass is 35.5. The first-order valence-electron chi connectivity index (χ1n) is 8.16. The molecule has 0 aliphatic carbocycles. The number of thioether (sulfide) groups is 1. The third kappa shape index (κ3) is 5.02. The minimum absolute atomic E-state index is 0.199. The van der Waals surface area contributed by atoms with Gasteiger partial charge in [-0.15, -0.1) is 11.8 Å². The molecule has 0 spiro atoms. The molecule has 2 aromatic rings. The van der Waals surface area contributed by atoms with Crippen LogP contribution in [0.3, 0.4) is 0 Å². The molecule has 140 valence electrons. The van der Waals surface area contributed by atoms with Crippen LogP contribution in [0.2, 0.25) is 5.15 Å². The summed E-state index contributed by atoms with van der Waals surface area (Å²) in [5, 5.41) is 7.24. The second kappa shape index (κ2) is 9.09. The average Bonchev–Trinajstić information content (AvgIpc) is 2.86. The Morgan fingerprint density at radius 2 is 2.04 bits per heavy atom. The Bertz CT molecular complexity index is 805. The van der Waals surface area contributed by atoms with E-state index in [1.807, 2.05) is 38.3 Å². The summed E-state index contributed by atoms with van der Waals surface area (Å²) in [7, 11) is 0. The number of rotatable bonds is 7. The summed E-state index contributed by atoms with van der Waals surface area (Å²) in [6.07, 6.45) is 1.92. The van der Waals surface area contributed by atoms with Crippen LogP contribution >= 0.6 is 23.4 Å². The van der Waals surface area contributed by atoms with E-state index in [1.54, 1.807) is 17.7 Å². The number of para-hydroxylation sites is 1. The highest BCUT2D eigenvalue weighted by molar-refractivity contribution is 7.98. The summed E-state index contributed by atoms with van der Waals surface area (Å²) < 4.78 is 6.70. The van der Waals surface area contributed by atoms with Gasteiger partial charge in [-0.2, -0.15) is 5.10 Å². The zero-order valence-corrected chi connectivity index (χ0v) is 16.8. The van der Waals surface area contributed by atoms with E-state index >= 15 is 0 Å². The molecule has 1 amide bonds. The van der Waals surface area contributed by atoms with Gasteiger partial charge in [0.05, 0.1) is 11.4 Å². The zero-order chi connectivity index (χ0) is 19.3. The van der Waals surface area contributed by atoms with E-state index in [0.717, 1.165) is 4.90 Å². The number of nitrogens with zero attached hydrogens (tertiary/aromatic N) is 2. The van der Waals surface area contributed by atoms with Gasteiger partial charge in [0.1, 0.15) is 10.7 Å². The summed E-state index contributed by atoms with van der Waals surface area (Å²) in [5.74, 6) is -0.739. The van der Waals surface area contributed by atoms with Crippen LogP contribution in [0.4, 0.5) is 5.69 Å². The molecule has 1 heterocycles. The Hall–Kier alpha value is -1.99. The van der Waals surface area contributed by atoms with Gasteiger partial charge in [0.15, 0.2) is 6.61 Å². The fourth-order valence-corrected chi connectivity index (χ4v) is 3.26. The average molecular weight is 396 g/mol. The number of halogens is 1. The van der Waals surface area contributed by atoms with Crippen LogP contribution in [0, 0.1) is 12.8 Å². The predicted octanol–water partition coefficient (Wildman–Crippen LogP) is 4.02. The highest BCUT2D eigenvalue weighted by Crippen LogP contribution is 2.25. The predicted molar refractivity (Wildman–Crippen MR) is 104 cm³/mol. The Balaban J connectivity index is 2.00. The molecule has 1 aromatic heterocycles. The normalized spacial score (nSPS) is 10.8. The lowest BCUT2D eigenvalue weighted by Crippen LogP contribution is -2.21. The molecule has 0 unspecified atom stereocenters. The Kier molecular flexibility index (Phi) is 7.11. The van der Waals surface area contributed by atoms with Crippen LogP contribution in [0.1, 0.15) is 29.9 Å². The number of carbonyl (C=O) groups is 2. The maximum atomic E-state index is 12.3. The SMILES string of the molecule is CSc1ccccc1NC(=O)COC(=O)c1c(C)nn(CC(C)C)c1Cl. The van der Waals surface area contributed by atoms with Crippen molar-refractivity contribution >= 4 is 40.9 Å². The van der Waals surface area contributed by atoms with Crippen molar-refractivity contribution in [2.75, 3.05) is 18.2 Å². The zero-order valence-electron chi connectivity index (χ0n) is 15.2. The number of aromatic nitrogens is 2. The van der Waals surface area contributed by atoms with Crippen molar-refractivity contribution in [2.24, 2.45) is 5.92 Å². The van der Waals surface area contributed by atoms with E-state index in [9.17, 15) is 9.59 Å². The van der Waals surface area contributed by atoms with E-state index in [1.165, 1.54) is 11.8 Å². The van der Waals surface area contributed by atoms with Gasteiger partial charge in [0, 0.05) is 11.4 Å². The van der Waals surface area contributed by atoms with Gasteiger partial charge in [0.2, 0.25) is 0 Å². The van der Waals surface area contributed by atoms with Crippen molar-refractivity contribution in [2.45, 2.75) is 32.2 Å². The van der Waals surface area contributed by atoms with Crippen LogP contribution in [0.5, 0.6) is 0 Å². The first-order chi connectivity index (χ1) is 12.3. The van der Waals surface area contributed by atoms with Crippen molar-refractivity contribution in [3.63, 3.8) is 0 Å². The number of amides is 1. The topological polar surface area (TPSA) is 73.2 Å². The number of anilines is 1. The molecule has 26 heavy (non-hydrogen) atoms. The van der Waals surface area contributed by atoms with Crippen molar-refractivity contribution in [1.82, 2.24) is 9.78 Å². The van der Waals surface area contributed by atoms with Crippen LogP contribution in [0.15, 0.2) is 29.2 Å². The maximum absolute atomic E-state index is 12.3. The summed E-state index contributed by atoms with van der Waals surface area (Å²) in [6.45, 7) is 5.95. The van der Waals surface area contributed by atoms with Crippen molar-refractivity contribution in [3.8, 4) is 0 Å². The molecule has 1 aromatic carbocycles. The Morgan fingerprint density at radius 1 is 1.35 bits per heavy atom. The number of esters is 1. The molecule has 0 aliphatic heterocycles. The molecule has 8 heteroatoms. The van der Waals surface area contributed by atoms with Gasteiger partial charge in [-0.05, 0) is 31.2 Å². The van der Waals surface area contributed by atoms with Gasteiger partial charge < -0.3 is 10.1 Å². The molecule has 0 saturated heterocycles. The fraction of sp³-hybridized carbons (Fsp3) is 0.389. The number of carbonyl (C=O) groups excluding carboxylic acids is 2. The van der Waals surface area contributed by atoms with Crippen molar-refractivity contribution in [3.05, 3.63) is 40.7 Å². The lowest BCUT2D eigenvalue weighted by atomic mass is 10.2. The highest BCUT2D eigenvalue weighted by Gasteiger charge is 2.22. The lowest BCUT2D eigenvalue weighted by molar-refractivity contribution is -0.119. The first kappa shape index (κ1) is 20.3. The van der Waals surface area contributed by atoms with E-state index in [2.05, 4.69) is 10.4 Å². The quantitative estimate of drug-likeness (QED) is 0.566. The third-order valence-corrected chi connectivity index (χ3v) is 4.70. The standard InChI is InChI=1S/C18H22ClN3O3S/c1-11(2)9-22-17(19)16(12(3)21-22)18(24)25-10-15(23)20-13-7-5-6-8-14(13)26-4/h5-8,11H,9-10H2,1-4H3,(H,20,23). The van der Waals surface area contributed by atoms with Gasteiger partial charge in [-0.25, -0.2) is 4.79 Å². The van der Waals surface area contributed by atoms with Crippen LogP contribution in [0.25, 0.3) is 0 Å². The van der Waals surface area contributed by atoms with E-state index in [4.69, 9.17) is 16.3 Å². The maximum Gasteiger partial charge on any atom is 0.343 e. The van der Waals surface area contributed by atoms with Crippen LogP contribution in [-0.4, -0.2) is 34.5 Å². The molecule has 0 fully saturated rings. The molecule has 6 nitrogen and oxygen atoms in total. The summed E-state index contributed by atoms with van der Waals surface area (Å²) >= 11 is 7.77. The number of hydrogen-bond donors (Lipinski definition) is 1. The number of benzene rings is 1. The minimum Gasteiger partial charge on any atom is -0.452 e. The largest absolute Gasteiger partial charge is 0.452 e. The van der Waals surface area contributed by atoms with E-state index in [0.29, 0.717) is 23.8 Å². The second-order valence-corrected chi connectivity index (χ2v) is 7.36. The van der Waals surface area contributed by atoms with Crippen molar-refractivity contribution in [1.29, 1.82) is 0 Å². The van der Waals surface area contributed by atoms with E-state index in [-0.39, 0.29) is 10.7 Å². The molecule has 0 bridgehead atoms. The minimum atomic E-state index is -0.657. The monoisotopic (exact) mass is 395 g/mol.